The van der Waals surface area contributed by atoms with Crippen LogP contribution in [-0.2, 0) is 6.42 Å². The van der Waals surface area contributed by atoms with E-state index in [0.717, 1.165) is 5.56 Å². The van der Waals surface area contributed by atoms with Crippen molar-refractivity contribution in [3.8, 4) is 11.5 Å². The highest BCUT2D eigenvalue weighted by Gasteiger charge is 2.14. The average Bonchev–Trinajstić information content (AvgIpc) is 3.01. The zero-order valence-electron chi connectivity index (χ0n) is 13.9. The zero-order chi connectivity index (χ0) is 16.1. The van der Waals surface area contributed by atoms with E-state index in [1.165, 1.54) is 0 Å². The number of nitrogens with one attached hydrogen (secondary N) is 1. The Morgan fingerprint density at radius 3 is 2.83 bits per heavy atom. The molecule has 0 saturated carbocycles. The predicted octanol–water partition coefficient (Wildman–Crippen LogP) is 2.40. The van der Waals surface area contributed by atoms with Crippen molar-refractivity contribution in [3.05, 3.63) is 35.7 Å². The van der Waals surface area contributed by atoms with Gasteiger partial charge in [-0.1, -0.05) is 11.2 Å². The summed E-state index contributed by atoms with van der Waals surface area (Å²) in [6, 6.07) is 7.54. The van der Waals surface area contributed by atoms with Crippen molar-refractivity contribution in [1.29, 1.82) is 0 Å². The molecule has 0 fully saturated rings. The number of carbonyl (C=O) groups is 1. The number of amides is 1. The molecule has 0 radical (unpaired) electrons. The lowest BCUT2D eigenvalue weighted by molar-refractivity contribution is 0.0802. The predicted molar refractivity (Wildman–Crippen MR) is 91.8 cm³/mol. The first-order chi connectivity index (χ1) is 10.5. The largest absolute Gasteiger partial charge is 0.342 e. The van der Waals surface area contributed by atoms with E-state index in [9.17, 15) is 4.79 Å². The molecule has 0 aliphatic carbocycles. The van der Waals surface area contributed by atoms with Crippen LogP contribution in [0.3, 0.4) is 0 Å². The van der Waals surface area contributed by atoms with Gasteiger partial charge in [0.25, 0.3) is 11.8 Å². The summed E-state index contributed by atoms with van der Waals surface area (Å²) >= 11 is 0. The number of hydrogen-bond donors (Lipinski definition) is 1. The lowest BCUT2D eigenvalue weighted by atomic mass is 10.1. The van der Waals surface area contributed by atoms with Crippen molar-refractivity contribution in [2.75, 3.05) is 20.6 Å². The highest BCUT2D eigenvalue weighted by atomic mass is 35.5. The number of halogens is 1. The van der Waals surface area contributed by atoms with Crippen molar-refractivity contribution in [3.63, 3.8) is 0 Å². The van der Waals surface area contributed by atoms with E-state index < -0.39 is 0 Å². The van der Waals surface area contributed by atoms with Crippen LogP contribution in [0.25, 0.3) is 11.5 Å². The third-order valence-corrected chi connectivity index (χ3v) is 3.63. The van der Waals surface area contributed by atoms with Crippen LogP contribution in [0, 0.1) is 0 Å². The number of hydrogen-bond acceptors (Lipinski definition) is 5. The van der Waals surface area contributed by atoms with Gasteiger partial charge in [0.15, 0.2) is 5.82 Å². The average molecular weight is 339 g/mol. The molecule has 1 aromatic carbocycles. The van der Waals surface area contributed by atoms with Crippen LogP contribution >= 0.6 is 12.4 Å². The maximum absolute atomic E-state index is 12.2. The van der Waals surface area contributed by atoms with E-state index in [-0.39, 0.29) is 24.4 Å². The van der Waals surface area contributed by atoms with Gasteiger partial charge in [-0.05, 0) is 39.1 Å². The van der Waals surface area contributed by atoms with Gasteiger partial charge in [0.05, 0.1) is 0 Å². The second-order valence-electron chi connectivity index (χ2n) is 5.31. The molecule has 1 unspecified atom stereocenters. The van der Waals surface area contributed by atoms with Crippen LogP contribution in [0.4, 0.5) is 0 Å². The topological polar surface area (TPSA) is 71.3 Å². The molecule has 0 bridgehead atoms. The summed E-state index contributed by atoms with van der Waals surface area (Å²) in [6.45, 7) is 4.65. The van der Waals surface area contributed by atoms with Gasteiger partial charge in [0, 0.05) is 37.2 Å². The summed E-state index contributed by atoms with van der Waals surface area (Å²) in [6.07, 6.45) is 0.692. The van der Waals surface area contributed by atoms with E-state index in [4.69, 9.17) is 4.52 Å². The number of nitrogens with zero attached hydrogens (tertiary/aromatic N) is 3. The Bertz CT molecular complexity index is 645. The Morgan fingerprint density at radius 2 is 2.17 bits per heavy atom. The van der Waals surface area contributed by atoms with E-state index >= 15 is 0 Å². The quantitative estimate of drug-likeness (QED) is 0.875. The number of benzene rings is 1. The minimum atomic E-state index is -0.0205. The first-order valence-corrected chi connectivity index (χ1v) is 7.40. The number of likely N-dealkylation sites (N-methyl/N-ethyl adjacent to an activating group) is 1. The van der Waals surface area contributed by atoms with Gasteiger partial charge < -0.3 is 14.7 Å². The third-order valence-electron chi connectivity index (χ3n) is 3.63. The molecule has 1 N–H and O–H groups in total. The minimum Gasteiger partial charge on any atom is -0.342 e. The van der Waals surface area contributed by atoms with Crippen LogP contribution < -0.4 is 5.32 Å². The first kappa shape index (κ1) is 19.1. The molecule has 1 heterocycles. The van der Waals surface area contributed by atoms with Crippen molar-refractivity contribution in [1.82, 2.24) is 20.4 Å². The molecule has 2 aromatic rings. The molecule has 2 rings (SSSR count). The summed E-state index contributed by atoms with van der Waals surface area (Å²) in [7, 11) is 3.67. The highest BCUT2D eigenvalue weighted by molar-refractivity contribution is 5.95. The Labute approximate surface area is 142 Å². The monoisotopic (exact) mass is 338 g/mol. The van der Waals surface area contributed by atoms with Gasteiger partial charge in [-0.15, -0.1) is 12.4 Å². The Balaban J connectivity index is 0.00000264. The van der Waals surface area contributed by atoms with Gasteiger partial charge in [0.2, 0.25) is 0 Å². The highest BCUT2D eigenvalue weighted by Crippen LogP contribution is 2.19. The molecular weight excluding hydrogens is 316 g/mol. The SMILES string of the molecule is CCN(C)C(=O)c1cccc(-c2nc(CC(C)NC)no2)c1.Cl. The fraction of sp³-hybridized carbons (Fsp3) is 0.438. The van der Waals surface area contributed by atoms with E-state index in [1.54, 1.807) is 24.1 Å². The summed E-state index contributed by atoms with van der Waals surface area (Å²) < 4.78 is 5.30. The lowest BCUT2D eigenvalue weighted by Crippen LogP contribution is -2.26. The molecule has 126 valence electrons. The fourth-order valence-electron chi connectivity index (χ4n) is 1.98. The maximum atomic E-state index is 12.2. The van der Waals surface area contributed by atoms with Crippen LogP contribution in [0.1, 0.15) is 30.0 Å². The van der Waals surface area contributed by atoms with Crippen molar-refractivity contribution in [2.24, 2.45) is 0 Å². The fourth-order valence-corrected chi connectivity index (χ4v) is 1.98. The molecular formula is C16H23ClN4O2. The summed E-state index contributed by atoms with van der Waals surface area (Å²) in [5, 5.41) is 7.12. The molecule has 1 aromatic heterocycles. The normalized spacial score (nSPS) is 11.7. The Morgan fingerprint density at radius 1 is 1.43 bits per heavy atom. The van der Waals surface area contributed by atoms with Crippen LogP contribution in [0.5, 0.6) is 0 Å². The van der Waals surface area contributed by atoms with Gasteiger partial charge in [-0.3, -0.25) is 4.79 Å². The minimum absolute atomic E-state index is 0. The Hall–Kier alpha value is -1.92. The molecule has 23 heavy (non-hydrogen) atoms. The van der Waals surface area contributed by atoms with Crippen LogP contribution in [0.15, 0.2) is 28.8 Å². The number of rotatable bonds is 6. The first-order valence-electron chi connectivity index (χ1n) is 7.40. The van der Waals surface area contributed by atoms with Crippen LogP contribution in [-0.4, -0.2) is 47.6 Å². The van der Waals surface area contributed by atoms with Gasteiger partial charge in [-0.2, -0.15) is 4.98 Å². The lowest BCUT2D eigenvalue weighted by Gasteiger charge is -2.14. The van der Waals surface area contributed by atoms with E-state index in [1.807, 2.05) is 26.1 Å². The molecule has 1 amide bonds. The van der Waals surface area contributed by atoms with Crippen molar-refractivity contribution >= 4 is 18.3 Å². The van der Waals surface area contributed by atoms with Crippen molar-refractivity contribution in [2.45, 2.75) is 26.3 Å². The second-order valence-corrected chi connectivity index (χ2v) is 5.31. The third kappa shape index (κ3) is 4.77. The molecule has 0 spiro atoms. The standard InChI is InChI=1S/C16H22N4O2.ClH/c1-5-20(4)16(21)13-8-6-7-12(10-13)15-18-14(19-22-15)9-11(2)17-3;/h6-8,10-11,17H,5,9H2,1-4H3;1H. The van der Waals surface area contributed by atoms with Crippen molar-refractivity contribution < 1.29 is 9.32 Å². The Kier molecular flexibility index (Phi) is 7.19. The number of carbonyl (C=O) groups excluding carboxylic acids is 1. The molecule has 0 saturated heterocycles. The molecule has 0 aliphatic heterocycles. The molecule has 6 nitrogen and oxygen atoms in total. The molecule has 7 heteroatoms. The van der Waals surface area contributed by atoms with Gasteiger partial charge in [-0.25, -0.2) is 0 Å². The van der Waals surface area contributed by atoms with E-state index in [0.29, 0.717) is 30.2 Å². The molecule has 0 aliphatic rings. The summed E-state index contributed by atoms with van der Waals surface area (Å²) in [4.78, 5) is 18.3. The smallest absolute Gasteiger partial charge is 0.257 e. The van der Waals surface area contributed by atoms with Gasteiger partial charge in [0.1, 0.15) is 0 Å². The molecule has 1 atom stereocenters. The van der Waals surface area contributed by atoms with Crippen LogP contribution in [0.2, 0.25) is 0 Å². The second kappa shape index (κ2) is 8.64. The number of aromatic nitrogens is 2. The summed E-state index contributed by atoms with van der Waals surface area (Å²) in [5.41, 5.74) is 1.37. The zero-order valence-corrected chi connectivity index (χ0v) is 14.7. The summed E-state index contributed by atoms with van der Waals surface area (Å²) in [5.74, 6) is 1.07. The maximum Gasteiger partial charge on any atom is 0.257 e. The van der Waals surface area contributed by atoms with Gasteiger partial charge >= 0.3 is 0 Å². The van der Waals surface area contributed by atoms with E-state index in [2.05, 4.69) is 22.4 Å².